The van der Waals surface area contributed by atoms with Crippen LogP contribution in [0.25, 0.3) is 0 Å². The van der Waals surface area contributed by atoms with Gasteiger partial charge in [-0.3, -0.25) is 4.79 Å². The Morgan fingerprint density at radius 3 is 2.81 bits per heavy atom. The predicted molar refractivity (Wildman–Crippen MR) is 66.5 cm³/mol. The molecular formula is C12H21N3O. The van der Waals surface area contributed by atoms with E-state index in [1.165, 1.54) is 6.07 Å². The minimum atomic E-state index is -0.0409. The molecule has 1 heterocycles. The maximum atomic E-state index is 11.0. The van der Waals surface area contributed by atoms with Gasteiger partial charge in [0.15, 0.2) is 0 Å². The van der Waals surface area contributed by atoms with Gasteiger partial charge in [0.2, 0.25) is 5.56 Å². The highest BCUT2D eigenvalue weighted by molar-refractivity contribution is 5.03. The summed E-state index contributed by atoms with van der Waals surface area (Å²) in [6, 6.07) is 5.76. The van der Waals surface area contributed by atoms with E-state index in [1.807, 2.05) is 6.07 Å². The van der Waals surface area contributed by atoms with Crippen molar-refractivity contribution in [2.45, 2.75) is 32.9 Å². The van der Waals surface area contributed by atoms with E-state index in [-0.39, 0.29) is 5.56 Å². The monoisotopic (exact) mass is 223 g/mol. The average Bonchev–Trinajstić information content (AvgIpc) is 2.23. The van der Waals surface area contributed by atoms with Crippen molar-refractivity contribution < 1.29 is 0 Å². The van der Waals surface area contributed by atoms with Crippen LogP contribution in [-0.4, -0.2) is 24.1 Å². The van der Waals surface area contributed by atoms with Gasteiger partial charge in [0, 0.05) is 24.3 Å². The maximum Gasteiger partial charge on any atom is 0.248 e. The molecule has 0 spiro atoms. The van der Waals surface area contributed by atoms with Crippen LogP contribution in [0.3, 0.4) is 0 Å². The van der Waals surface area contributed by atoms with Gasteiger partial charge in [0.1, 0.15) is 0 Å². The molecule has 0 radical (unpaired) electrons. The summed E-state index contributed by atoms with van der Waals surface area (Å²) in [6.45, 7) is 6.98. The second-order valence-electron chi connectivity index (χ2n) is 4.18. The summed E-state index contributed by atoms with van der Waals surface area (Å²) in [4.78, 5) is 13.8. The van der Waals surface area contributed by atoms with E-state index in [9.17, 15) is 4.79 Å². The average molecular weight is 223 g/mol. The fourth-order valence-corrected chi connectivity index (χ4v) is 1.42. The lowest BCUT2D eigenvalue weighted by Crippen LogP contribution is -2.27. The minimum Gasteiger partial charge on any atom is -0.325 e. The minimum absolute atomic E-state index is 0.0409. The first kappa shape index (κ1) is 12.9. The van der Waals surface area contributed by atoms with Gasteiger partial charge in [-0.05, 0) is 25.6 Å². The molecule has 0 amide bonds. The lowest BCUT2D eigenvalue weighted by molar-refractivity contribution is 0.546. The van der Waals surface area contributed by atoms with Crippen LogP contribution < -0.4 is 16.2 Å². The van der Waals surface area contributed by atoms with Crippen LogP contribution in [0.5, 0.6) is 0 Å². The summed E-state index contributed by atoms with van der Waals surface area (Å²) < 4.78 is 0. The Balaban J connectivity index is 2.09. The van der Waals surface area contributed by atoms with Crippen molar-refractivity contribution in [3.05, 3.63) is 34.2 Å². The van der Waals surface area contributed by atoms with E-state index in [1.54, 1.807) is 6.07 Å². The summed E-state index contributed by atoms with van der Waals surface area (Å²) in [7, 11) is 0. The molecule has 0 unspecified atom stereocenters. The molecule has 90 valence electrons. The molecule has 0 aliphatic carbocycles. The van der Waals surface area contributed by atoms with Gasteiger partial charge >= 0.3 is 0 Å². The highest BCUT2D eigenvalue weighted by atomic mass is 16.1. The molecule has 4 nitrogen and oxygen atoms in total. The summed E-state index contributed by atoms with van der Waals surface area (Å²) in [5, 5.41) is 6.65. The Morgan fingerprint density at radius 2 is 2.12 bits per heavy atom. The van der Waals surface area contributed by atoms with Crippen molar-refractivity contribution in [2.24, 2.45) is 0 Å². The van der Waals surface area contributed by atoms with E-state index in [0.29, 0.717) is 6.04 Å². The van der Waals surface area contributed by atoms with Gasteiger partial charge in [-0.2, -0.15) is 0 Å². The highest BCUT2D eigenvalue weighted by Crippen LogP contribution is 1.88. The molecule has 0 aliphatic rings. The molecule has 1 aromatic rings. The Labute approximate surface area is 96.5 Å². The molecule has 0 atom stereocenters. The van der Waals surface area contributed by atoms with Gasteiger partial charge < -0.3 is 15.6 Å². The van der Waals surface area contributed by atoms with Crippen LogP contribution in [0, 0.1) is 0 Å². The fourth-order valence-electron chi connectivity index (χ4n) is 1.42. The zero-order valence-corrected chi connectivity index (χ0v) is 10.0. The van der Waals surface area contributed by atoms with Crippen LogP contribution >= 0.6 is 0 Å². The molecule has 0 aliphatic heterocycles. The van der Waals surface area contributed by atoms with Gasteiger partial charge in [-0.15, -0.1) is 0 Å². The van der Waals surface area contributed by atoms with Crippen LogP contribution in [0.1, 0.15) is 26.0 Å². The normalized spacial score (nSPS) is 10.9. The van der Waals surface area contributed by atoms with Crippen molar-refractivity contribution in [1.82, 2.24) is 15.6 Å². The van der Waals surface area contributed by atoms with E-state index < -0.39 is 0 Å². The van der Waals surface area contributed by atoms with Gasteiger partial charge in [0.05, 0.1) is 0 Å². The first-order valence-electron chi connectivity index (χ1n) is 5.81. The SMILES string of the molecule is CC(C)NCCCNCc1cccc(=O)[nH]1. The molecule has 3 N–H and O–H groups in total. The van der Waals surface area contributed by atoms with Gasteiger partial charge in [0.25, 0.3) is 0 Å². The number of hydrogen-bond donors (Lipinski definition) is 3. The van der Waals surface area contributed by atoms with Crippen molar-refractivity contribution >= 4 is 0 Å². The number of aromatic amines is 1. The standard InChI is InChI=1S/C12H21N3O/c1-10(2)14-8-4-7-13-9-11-5-3-6-12(16)15-11/h3,5-6,10,13-14H,4,7-9H2,1-2H3,(H,15,16). The van der Waals surface area contributed by atoms with E-state index in [4.69, 9.17) is 0 Å². The predicted octanol–water partition coefficient (Wildman–Crippen LogP) is 0.853. The molecule has 0 aromatic carbocycles. The molecular weight excluding hydrogens is 202 g/mol. The number of H-pyrrole nitrogens is 1. The smallest absolute Gasteiger partial charge is 0.248 e. The molecule has 1 rings (SSSR count). The summed E-state index contributed by atoms with van der Waals surface area (Å²) in [6.07, 6.45) is 1.09. The number of nitrogens with one attached hydrogen (secondary N) is 3. The third-order valence-corrected chi connectivity index (χ3v) is 2.23. The number of aromatic nitrogens is 1. The lowest BCUT2D eigenvalue weighted by Gasteiger charge is -2.08. The second kappa shape index (κ2) is 7.19. The maximum absolute atomic E-state index is 11.0. The highest BCUT2D eigenvalue weighted by Gasteiger charge is 1.94. The zero-order valence-electron chi connectivity index (χ0n) is 10.0. The lowest BCUT2D eigenvalue weighted by atomic mass is 10.3. The van der Waals surface area contributed by atoms with Crippen LogP contribution in [-0.2, 0) is 6.54 Å². The summed E-state index contributed by atoms with van der Waals surface area (Å²) in [5.74, 6) is 0. The first-order chi connectivity index (χ1) is 7.68. The number of hydrogen-bond acceptors (Lipinski definition) is 3. The Hall–Kier alpha value is -1.13. The van der Waals surface area contributed by atoms with Gasteiger partial charge in [-0.25, -0.2) is 0 Å². The van der Waals surface area contributed by atoms with Crippen LogP contribution in [0.15, 0.2) is 23.0 Å². The van der Waals surface area contributed by atoms with Crippen molar-refractivity contribution in [1.29, 1.82) is 0 Å². The zero-order chi connectivity index (χ0) is 11.8. The topological polar surface area (TPSA) is 56.9 Å². The van der Waals surface area contributed by atoms with Crippen molar-refractivity contribution in [2.75, 3.05) is 13.1 Å². The van der Waals surface area contributed by atoms with Crippen molar-refractivity contribution in [3.8, 4) is 0 Å². The molecule has 0 bridgehead atoms. The number of pyridine rings is 1. The third kappa shape index (κ3) is 5.68. The van der Waals surface area contributed by atoms with Crippen molar-refractivity contribution in [3.63, 3.8) is 0 Å². The third-order valence-electron chi connectivity index (χ3n) is 2.23. The molecule has 0 saturated carbocycles. The van der Waals surface area contributed by atoms with E-state index in [0.717, 1.165) is 31.7 Å². The summed E-state index contributed by atoms with van der Waals surface area (Å²) >= 11 is 0. The quantitative estimate of drug-likeness (QED) is 0.601. The Kier molecular flexibility index (Phi) is 5.82. The molecule has 16 heavy (non-hydrogen) atoms. The van der Waals surface area contributed by atoms with E-state index in [2.05, 4.69) is 29.5 Å². The van der Waals surface area contributed by atoms with Crippen LogP contribution in [0.4, 0.5) is 0 Å². The molecule has 0 fully saturated rings. The summed E-state index contributed by atoms with van der Waals surface area (Å²) in [5.41, 5.74) is 0.894. The number of rotatable bonds is 7. The van der Waals surface area contributed by atoms with E-state index >= 15 is 0 Å². The van der Waals surface area contributed by atoms with Crippen LogP contribution in [0.2, 0.25) is 0 Å². The van der Waals surface area contributed by atoms with Gasteiger partial charge in [-0.1, -0.05) is 19.9 Å². The fraction of sp³-hybridized carbons (Fsp3) is 0.583. The molecule has 1 aromatic heterocycles. The largest absolute Gasteiger partial charge is 0.325 e. The second-order valence-corrected chi connectivity index (χ2v) is 4.18. The molecule has 4 heteroatoms. The Bertz CT molecular complexity index is 346. The first-order valence-corrected chi connectivity index (χ1v) is 5.81. The molecule has 0 saturated heterocycles. The Morgan fingerprint density at radius 1 is 1.31 bits per heavy atom.